The molecule has 2 aromatic carbocycles. The molecule has 0 radical (unpaired) electrons. The number of imidazole rings is 1. The third-order valence-electron chi connectivity index (χ3n) is 3.34. The fraction of sp³-hybridized carbons (Fsp3) is 0.188. The lowest BCUT2D eigenvalue weighted by Gasteiger charge is -2.09. The summed E-state index contributed by atoms with van der Waals surface area (Å²) in [5.74, 6) is 1.42. The number of alkyl halides is 1. The van der Waals surface area contributed by atoms with Crippen LogP contribution in [-0.4, -0.2) is 15.4 Å². The van der Waals surface area contributed by atoms with Crippen molar-refractivity contribution in [3.63, 3.8) is 0 Å². The number of hydrogen-bond acceptors (Lipinski definition) is 1. The molecule has 0 unspecified atom stereocenters. The Bertz CT molecular complexity index is 809. The second-order valence-corrected chi connectivity index (χ2v) is 6.09. The number of hydrogen-bond donors (Lipinski definition) is 0. The predicted octanol–water partition coefficient (Wildman–Crippen LogP) is 5.42. The van der Waals surface area contributed by atoms with Gasteiger partial charge >= 0.3 is 0 Å². The topological polar surface area (TPSA) is 17.8 Å². The first-order chi connectivity index (χ1) is 10.1. The normalized spacial score (nSPS) is 11.2. The summed E-state index contributed by atoms with van der Waals surface area (Å²) >= 11 is 18.2. The van der Waals surface area contributed by atoms with E-state index in [2.05, 4.69) is 28.6 Å². The zero-order chi connectivity index (χ0) is 15.0. The van der Waals surface area contributed by atoms with E-state index in [-0.39, 0.29) is 0 Å². The van der Waals surface area contributed by atoms with Crippen LogP contribution in [0.1, 0.15) is 11.4 Å². The van der Waals surface area contributed by atoms with Crippen LogP contribution in [-0.2, 0) is 6.42 Å². The van der Waals surface area contributed by atoms with Crippen LogP contribution in [0.25, 0.3) is 16.7 Å². The van der Waals surface area contributed by atoms with Crippen molar-refractivity contribution in [1.29, 1.82) is 0 Å². The number of aryl methyl sites for hydroxylation is 2. The summed E-state index contributed by atoms with van der Waals surface area (Å²) in [5, 5.41) is 1.03. The highest BCUT2D eigenvalue weighted by molar-refractivity contribution is 6.42. The minimum absolute atomic E-state index is 0.510. The van der Waals surface area contributed by atoms with Crippen LogP contribution in [0, 0.1) is 6.92 Å². The number of aromatic nitrogens is 2. The number of nitrogens with zero attached hydrogens (tertiary/aromatic N) is 2. The number of halogens is 3. The van der Waals surface area contributed by atoms with E-state index >= 15 is 0 Å². The Morgan fingerprint density at radius 2 is 1.86 bits per heavy atom. The van der Waals surface area contributed by atoms with Gasteiger partial charge in [0.15, 0.2) is 0 Å². The zero-order valence-corrected chi connectivity index (χ0v) is 13.7. The van der Waals surface area contributed by atoms with Gasteiger partial charge in [0.05, 0.1) is 21.1 Å². The molecular weight excluding hydrogens is 327 g/mol. The fourth-order valence-electron chi connectivity index (χ4n) is 2.43. The molecule has 0 spiro atoms. The van der Waals surface area contributed by atoms with Crippen LogP contribution in [0.2, 0.25) is 10.0 Å². The maximum Gasteiger partial charge on any atom is 0.115 e. The molecule has 0 aliphatic rings. The molecular formula is C16H13Cl3N2. The van der Waals surface area contributed by atoms with E-state index in [4.69, 9.17) is 34.8 Å². The minimum atomic E-state index is 0.510. The molecule has 3 aromatic rings. The highest BCUT2D eigenvalue weighted by atomic mass is 35.5. The first kappa shape index (κ1) is 14.7. The summed E-state index contributed by atoms with van der Waals surface area (Å²) < 4.78 is 2.09. The van der Waals surface area contributed by atoms with E-state index in [0.717, 1.165) is 22.5 Å². The summed E-state index contributed by atoms with van der Waals surface area (Å²) in [4.78, 5) is 4.65. The molecule has 3 rings (SSSR count). The maximum absolute atomic E-state index is 6.17. The van der Waals surface area contributed by atoms with Gasteiger partial charge in [-0.2, -0.15) is 0 Å². The standard InChI is InChI=1S/C16H13Cl3N2/c1-10-3-2-4-11(7-10)21-15-9-13(19)12(18)8-14(15)20-16(21)5-6-17/h2-4,7-9H,5-6H2,1H3. The summed E-state index contributed by atoms with van der Waals surface area (Å²) in [6, 6.07) is 11.9. The molecule has 21 heavy (non-hydrogen) atoms. The first-order valence-electron chi connectivity index (χ1n) is 6.59. The molecule has 1 heterocycles. The third-order valence-corrected chi connectivity index (χ3v) is 4.26. The van der Waals surface area contributed by atoms with Crippen molar-refractivity contribution in [3.8, 4) is 5.69 Å². The molecule has 5 heteroatoms. The van der Waals surface area contributed by atoms with Crippen LogP contribution >= 0.6 is 34.8 Å². The van der Waals surface area contributed by atoms with Gasteiger partial charge in [-0.3, -0.25) is 4.57 Å². The number of rotatable bonds is 3. The lowest BCUT2D eigenvalue weighted by Crippen LogP contribution is -2.02. The largest absolute Gasteiger partial charge is 0.296 e. The highest BCUT2D eigenvalue weighted by Gasteiger charge is 2.14. The van der Waals surface area contributed by atoms with E-state index in [0.29, 0.717) is 22.3 Å². The average Bonchev–Trinajstić information content (AvgIpc) is 2.77. The smallest absolute Gasteiger partial charge is 0.115 e. The molecule has 1 aromatic heterocycles. The second kappa shape index (κ2) is 5.88. The molecule has 0 N–H and O–H groups in total. The number of fused-ring (bicyclic) bond motifs is 1. The van der Waals surface area contributed by atoms with Crippen LogP contribution in [0.3, 0.4) is 0 Å². The van der Waals surface area contributed by atoms with Crippen molar-refractivity contribution in [2.45, 2.75) is 13.3 Å². The Morgan fingerprint density at radius 3 is 2.57 bits per heavy atom. The Labute approximate surface area is 138 Å². The van der Waals surface area contributed by atoms with Gasteiger partial charge in [-0.1, -0.05) is 35.3 Å². The summed E-state index contributed by atoms with van der Waals surface area (Å²) in [5.41, 5.74) is 4.00. The molecule has 0 saturated heterocycles. The molecule has 0 atom stereocenters. The molecule has 0 aliphatic heterocycles. The third kappa shape index (κ3) is 2.76. The van der Waals surface area contributed by atoms with Gasteiger partial charge in [0.25, 0.3) is 0 Å². The average molecular weight is 340 g/mol. The quantitative estimate of drug-likeness (QED) is 0.582. The van der Waals surface area contributed by atoms with Crippen LogP contribution in [0.5, 0.6) is 0 Å². The Kier molecular flexibility index (Phi) is 4.12. The van der Waals surface area contributed by atoms with Crippen molar-refractivity contribution in [2.75, 3.05) is 5.88 Å². The first-order valence-corrected chi connectivity index (χ1v) is 7.88. The molecule has 0 aliphatic carbocycles. The van der Waals surface area contributed by atoms with Gasteiger partial charge in [-0.05, 0) is 36.8 Å². The van der Waals surface area contributed by atoms with Gasteiger partial charge in [0, 0.05) is 18.0 Å². The summed E-state index contributed by atoms with van der Waals surface area (Å²) in [6.07, 6.45) is 0.680. The highest BCUT2D eigenvalue weighted by Crippen LogP contribution is 2.30. The lowest BCUT2D eigenvalue weighted by atomic mass is 10.2. The van der Waals surface area contributed by atoms with Crippen LogP contribution < -0.4 is 0 Å². The van der Waals surface area contributed by atoms with Gasteiger partial charge in [-0.25, -0.2) is 4.98 Å². The van der Waals surface area contributed by atoms with E-state index in [1.165, 1.54) is 5.56 Å². The number of benzene rings is 2. The molecule has 0 amide bonds. The Balaban J connectivity index is 2.32. The predicted molar refractivity (Wildman–Crippen MR) is 90.3 cm³/mol. The van der Waals surface area contributed by atoms with Crippen molar-refractivity contribution in [3.05, 3.63) is 57.8 Å². The zero-order valence-electron chi connectivity index (χ0n) is 11.4. The van der Waals surface area contributed by atoms with Gasteiger partial charge in [-0.15, -0.1) is 11.6 Å². The molecule has 0 bridgehead atoms. The van der Waals surface area contributed by atoms with Crippen molar-refractivity contribution in [1.82, 2.24) is 9.55 Å². The van der Waals surface area contributed by atoms with Crippen molar-refractivity contribution >= 4 is 45.8 Å². The molecule has 0 fully saturated rings. The SMILES string of the molecule is Cc1cccc(-n2c(CCCl)nc3cc(Cl)c(Cl)cc32)c1. The monoisotopic (exact) mass is 338 g/mol. The molecule has 0 saturated carbocycles. The van der Waals surface area contributed by atoms with Crippen LogP contribution in [0.15, 0.2) is 36.4 Å². The van der Waals surface area contributed by atoms with E-state index < -0.39 is 0 Å². The second-order valence-electron chi connectivity index (χ2n) is 4.90. The van der Waals surface area contributed by atoms with Crippen LogP contribution in [0.4, 0.5) is 0 Å². The van der Waals surface area contributed by atoms with Gasteiger partial charge in [0.2, 0.25) is 0 Å². The van der Waals surface area contributed by atoms with E-state index in [1.54, 1.807) is 6.07 Å². The molecule has 2 nitrogen and oxygen atoms in total. The lowest BCUT2D eigenvalue weighted by molar-refractivity contribution is 0.911. The molecule has 108 valence electrons. The fourth-order valence-corrected chi connectivity index (χ4v) is 2.91. The van der Waals surface area contributed by atoms with E-state index in [9.17, 15) is 0 Å². The van der Waals surface area contributed by atoms with E-state index in [1.807, 2.05) is 18.2 Å². The van der Waals surface area contributed by atoms with Crippen molar-refractivity contribution < 1.29 is 0 Å². The van der Waals surface area contributed by atoms with Gasteiger partial charge in [0.1, 0.15) is 5.82 Å². The minimum Gasteiger partial charge on any atom is -0.296 e. The van der Waals surface area contributed by atoms with Gasteiger partial charge < -0.3 is 0 Å². The maximum atomic E-state index is 6.17. The summed E-state index contributed by atoms with van der Waals surface area (Å²) in [7, 11) is 0. The Morgan fingerprint density at radius 1 is 1.10 bits per heavy atom. The Hall–Kier alpha value is -1.22. The summed E-state index contributed by atoms with van der Waals surface area (Å²) in [6.45, 7) is 2.06. The van der Waals surface area contributed by atoms with Crippen molar-refractivity contribution in [2.24, 2.45) is 0 Å².